The molecule has 0 bridgehead atoms. The Morgan fingerprint density at radius 1 is 1.18 bits per heavy atom. The third-order valence-corrected chi connectivity index (χ3v) is 7.54. The molecule has 38 heavy (non-hydrogen) atoms. The van der Waals surface area contributed by atoms with Gasteiger partial charge in [-0.1, -0.05) is 13.3 Å². The Kier molecular flexibility index (Phi) is 7.42. The number of aromatic nitrogens is 1. The zero-order chi connectivity index (χ0) is 26.8. The highest BCUT2D eigenvalue weighted by Gasteiger charge is 2.36. The van der Waals surface area contributed by atoms with E-state index < -0.39 is 5.82 Å². The van der Waals surface area contributed by atoms with E-state index in [9.17, 15) is 4.79 Å². The number of nitrogens with zero attached hydrogens (tertiary/aromatic N) is 2. The van der Waals surface area contributed by atoms with Crippen LogP contribution in [0.2, 0.25) is 0 Å². The number of rotatable bonds is 9. The lowest BCUT2D eigenvalue weighted by Gasteiger charge is -2.48. The molecule has 2 heterocycles. The van der Waals surface area contributed by atoms with Crippen LogP contribution >= 0.6 is 0 Å². The number of pyridine rings is 1. The van der Waals surface area contributed by atoms with Crippen LogP contribution in [0.1, 0.15) is 56.0 Å². The average Bonchev–Trinajstić information content (AvgIpc) is 2.85. The molecule has 1 amide bonds. The van der Waals surface area contributed by atoms with Gasteiger partial charge in [0.15, 0.2) is 0 Å². The van der Waals surface area contributed by atoms with Crippen LogP contribution in [-0.4, -0.2) is 53.7 Å². The minimum Gasteiger partial charge on any atom is -0.457 e. The first kappa shape index (κ1) is 25.9. The van der Waals surface area contributed by atoms with E-state index in [-0.39, 0.29) is 18.9 Å². The van der Waals surface area contributed by atoms with Crippen molar-refractivity contribution in [3.63, 3.8) is 0 Å². The number of benzene rings is 2. The Balaban J connectivity index is 0.00000353. The lowest BCUT2D eigenvalue weighted by Crippen LogP contribution is -2.63. The van der Waals surface area contributed by atoms with Crippen LogP contribution in [-0.2, 0) is 6.42 Å². The SMILES string of the molecule is CCc1cc(-c2cc(Oc3ccc(C(C)=N)c(NC)c3)ccn2)cc(F)c1C(=O)NC1CN(C2CCC2)C1.[HH]. The van der Waals surface area contributed by atoms with Gasteiger partial charge in [-0.05, 0) is 62.1 Å². The Morgan fingerprint density at radius 3 is 2.61 bits per heavy atom. The fourth-order valence-corrected chi connectivity index (χ4v) is 5.15. The molecule has 8 heteroatoms. The zero-order valence-corrected chi connectivity index (χ0v) is 22.1. The van der Waals surface area contributed by atoms with Gasteiger partial charge < -0.3 is 20.8 Å². The third-order valence-electron chi connectivity index (χ3n) is 7.54. The first-order valence-corrected chi connectivity index (χ1v) is 13.2. The summed E-state index contributed by atoms with van der Waals surface area (Å²) in [4.78, 5) is 19.8. The molecule has 0 atom stereocenters. The standard InChI is InChI=1S/C30H34FN5O2.H2/c1-4-19-12-20(13-26(31)29(19)30(37)35-21-16-36(17-21)22-6-5-7-22)27-14-24(10-11-34-27)38-23-8-9-25(18(2)32)28(15-23)33-3;/h8-15,21-22,32-33H,4-7,16-17H2,1-3H3,(H,35,37);1H. The van der Waals surface area contributed by atoms with Gasteiger partial charge in [0.1, 0.15) is 17.3 Å². The van der Waals surface area contributed by atoms with Crippen LogP contribution in [0.15, 0.2) is 48.7 Å². The summed E-state index contributed by atoms with van der Waals surface area (Å²) in [6.45, 7) is 5.34. The third kappa shape index (κ3) is 5.27. The molecule has 2 aromatic carbocycles. The molecule has 1 aliphatic carbocycles. The normalized spacial score (nSPS) is 15.9. The van der Waals surface area contributed by atoms with Gasteiger partial charge in [-0.3, -0.25) is 14.7 Å². The monoisotopic (exact) mass is 517 g/mol. The van der Waals surface area contributed by atoms with Gasteiger partial charge >= 0.3 is 0 Å². The van der Waals surface area contributed by atoms with Crippen molar-refractivity contribution in [1.29, 1.82) is 5.41 Å². The molecular weight excluding hydrogens is 481 g/mol. The Morgan fingerprint density at radius 2 is 1.95 bits per heavy atom. The predicted molar refractivity (Wildman–Crippen MR) is 150 cm³/mol. The van der Waals surface area contributed by atoms with E-state index in [1.165, 1.54) is 25.3 Å². The second-order valence-electron chi connectivity index (χ2n) is 10.1. The lowest BCUT2D eigenvalue weighted by molar-refractivity contribution is 0.0345. The van der Waals surface area contributed by atoms with Crippen LogP contribution in [0.25, 0.3) is 11.3 Å². The minimum absolute atomic E-state index is 0. The summed E-state index contributed by atoms with van der Waals surface area (Å²) in [5.74, 6) is 0.267. The van der Waals surface area contributed by atoms with Crippen LogP contribution in [0.4, 0.5) is 10.1 Å². The van der Waals surface area contributed by atoms with E-state index >= 15 is 4.39 Å². The summed E-state index contributed by atoms with van der Waals surface area (Å²) in [6, 6.07) is 12.9. The first-order chi connectivity index (χ1) is 18.4. The van der Waals surface area contributed by atoms with Crippen molar-refractivity contribution in [3.8, 4) is 22.8 Å². The number of amides is 1. The summed E-state index contributed by atoms with van der Waals surface area (Å²) < 4.78 is 21.4. The number of anilines is 1. The van der Waals surface area contributed by atoms with E-state index in [2.05, 4.69) is 20.5 Å². The van der Waals surface area contributed by atoms with Gasteiger partial charge in [-0.25, -0.2) is 4.39 Å². The number of nitrogens with one attached hydrogen (secondary N) is 3. The average molecular weight is 518 g/mol. The Labute approximate surface area is 224 Å². The molecule has 3 aromatic rings. The van der Waals surface area contributed by atoms with Crippen molar-refractivity contribution in [2.45, 2.75) is 51.6 Å². The van der Waals surface area contributed by atoms with E-state index in [1.54, 1.807) is 32.3 Å². The van der Waals surface area contributed by atoms with Crippen molar-refractivity contribution in [3.05, 3.63) is 71.2 Å². The number of hydrogen-bond acceptors (Lipinski definition) is 6. The maximum Gasteiger partial charge on any atom is 0.254 e. The number of carbonyl (C=O) groups is 1. The minimum atomic E-state index is -0.545. The van der Waals surface area contributed by atoms with Gasteiger partial charge in [-0.2, -0.15) is 0 Å². The number of aryl methyl sites for hydroxylation is 1. The lowest BCUT2D eigenvalue weighted by atomic mass is 9.88. The molecule has 1 aliphatic heterocycles. The molecule has 1 saturated carbocycles. The summed E-state index contributed by atoms with van der Waals surface area (Å²) in [5.41, 5.74) is 3.97. The van der Waals surface area contributed by atoms with E-state index in [0.717, 1.165) is 24.3 Å². The highest BCUT2D eigenvalue weighted by molar-refractivity contribution is 6.01. The summed E-state index contributed by atoms with van der Waals surface area (Å²) >= 11 is 0. The Hall–Kier alpha value is -3.78. The number of likely N-dealkylation sites (tertiary alicyclic amines) is 1. The molecule has 1 aromatic heterocycles. The number of ether oxygens (including phenoxy) is 1. The summed E-state index contributed by atoms with van der Waals surface area (Å²) in [5, 5.41) is 14.0. The second-order valence-corrected chi connectivity index (χ2v) is 10.1. The van der Waals surface area contributed by atoms with Gasteiger partial charge in [0.05, 0.1) is 17.3 Å². The van der Waals surface area contributed by atoms with E-state index in [1.807, 2.05) is 31.2 Å². The quantitative estimate of drug-likeness (QED) is 0.308. The molecule has 0 spiro atoms. The van der Waals surface area contributed by atoms with E-state index in [4.69, 9.17) is 10.1 Å². The van der Waals surface area contributed by atoms with Gasteiger partial charge in [-0.15, -0.1) is 0 Å². The fourth-order valence-electron chi connectivity index (χ4n) is 5.15. The van der Waals surface area contributed by atoms with Crippen molar-refractivity contribution < 1.29 is 15.3 Å². The smallest absolute Gasteiger partial charge is 0.254 e. The number of hydrogen-bond donors (Lipinski definition) is 3. The molecule has 2 fully saturated rings. The molecule has 0 unspecified atom stereocenters. The van der Waals surface area contributed by atoms with Crippen LogP contribution in [0.3, 0.4) is 0 Å². The summed E-state index contributed by atoms with van der Waals surface area (Å²) in [6.07, 6.45) is 5.91. The van der Waals surface area contributed by atoms with Crippen molar-refractivity contribution in [1.82, 2.24) is 15.2 Å². The molecular formula is C30H36FN5O2. The molecule has 2 aliphatic rings. The zero-order valence-electron chi connectivity index (χ0n) is 22.1. The Bertz CT molecular complexity index is 1370. The van der Waals surface area contributed by atoms with Gasteiger partial charge in [0.2, 0.25) is 0 Å². The van der Waals surface area contributed by atoms with Crippen LogP contribution < -0.4 is 15.4 Å². The molecule has 7 nitrogen and oxygen atoms in total. The van der Waals surface area contributed by atoms with Crippen molar-refractivity contribution in [2.75, 3.05) is 25.5 Å². The molecule has 5 rings (SSSR count). The first-order valence-electron chi connectivity index (χ1n) is 13.2. The largest absolute Gasteiger partial charge is 0.457 e. The molecule has 0 radical (unpaired) electrons. The summed E-state index contributed by atoms with van der Waals surface area (Å²) in [7, 11) is 1.80. The second kappa shape index (κ2) is 10.9. The van der Waals surface area contributed by atoms with Gasteiger partial charge in [0, 0.05) is 68.5 Å². The molecule has 200 valence electrons. The maximum atomic E-state index is 15.4. The maximum absolute atomic E-state index is 15.4. The fraction of sp³-hybridized carbons (Fsp3) is 0.367. The van der Waals surface area contributed by atoms with Crippen LogP contribution in [0.5, 0.6) is 11.5 Å². The highest BCUT2D eigenvalue weighted by atomic mass is 19.1. The molecule has 3 N–H and O–H groups in total. The predicted octanol–water partition coefficient (Wildman–Crippen LogP) is 5.88. The number of halogens is 1. The van der Waals surface area contributed by atoms with Crippen molar-refractivity contribution in [2.24, 2.45) is 0 Å². The van der Waals surface area contributed by atoms with Crippen molar-refractivity contribution >= 4 is 17.3 Å². The molecule has 1 saturated heterocycles. The number of carbonyl (C=O) groups excluding carboxylic acids is 1. The van der Waals surface area contributed by atoms with Crippen LogP contribution in [0, 0.1) is 11.2 Å². The van der Waals surface area contributed by atoms with E-state index in [0.29, 0.717) is 46.5 Å². The highest BCUT2D eigenvalue weighted by Crippen LogP contribution is 2.32. The topological polar surface area (TPSA) is 90.3 Å². The van der Waals surface area contributed by atoms with Gasteiger partial charge in [0.25, 0.3) is 5.91 Å².